The summed E-state index contributed by atoms with van der Waals surface area (Å²) in [5.74, 6) is 0.192. The second kappa shape index (κ2) is 5.58. The van der Waals surface area contributed by atoms with Crippen LogP contribution in [-0.2, 0) is 4.79 Å². The number of piperidine rings is 1. The fourth-order valence-electron chi connectivity index (χ4n) is 3.62. The molecule has 0 radical (unpaired) electrons. The molecule has 3 nitrogen and oxygen atoms in total. The van der Waals surface area contributed by atoms with Gasteiger partial charge in [-0.3, -0.25) is 9.69 Å². The molecule has 2 fully saturated rings. The summed E-state index contributed by atoms with van der Waals surface area (Å²) < 4.78 is 0. The fourth-order valence-corrected chi connectivity index (χ4v) is 3.62. The smallest absolute Gasteiger partial charge is 0.238 e. The molecule has 0 aromatic heterocycles. The van der Waals surface area contributed by atoms with Crippen molar-refractivity contribution in [2.75, 3.05) is 6.54 Å². The minimum absolute atomic E-state index is 0.0441. The Morgan fingerprint density at radius 1 is 0.909 bits per heavy atom. The number of nitrogens with one attached hydrogen (secondary N) is 1. The van der Waals surface area contributed by atoms with Crippen LogP contribution in [-0.4, -0.2) is 23.4 Å². The number of benzene rings is 2. The van der Waals surface area contributed by atoms with Crippen LogP contribution < -0.4 is 5.32 Å². The molecule has 2 aromatic rings. The first-order valence-electron chi connectivity index (χ1n) is 8.04. The summed E-state index contributed by atoms with van der Waals surface area (Å²) in [6.07, 6.45) is 3.38. The summed E-state index contributed by atoms with van der Waals surface area (Å²) in [4.78, 5) is 14.5. The molecule has 1 amide bonds. The number of rotatable bonds is 2. The quantitative estimate of drug-likeness (QED) is 0.920. The molecule has 0 spiro atoms. The lowest BCUT2D eigenvalue weighted by Crippen LogP contribution is -2.38. The molecule has 3 heteroatoms. The van der Waals surface area contributed by atoms with Crippen molar-refractivity contribution in [3.8, 4) is 11.1 Å². The average Bonchev–Trinajstić information content (AvgIpc) is 2.93. The Balaban J connectivity index is 1.60. The van der Waals surface area contributed by atoms with Gasteiger partial charge in [0.15, 0.2) is 0 Å². The summed E-state index contributed by atoms with van der Waals surface area (Å²) in [6, 6.07) is 19.0. The summed E-state index contributed by atoms with van der Waals surface area (Å²) in [6.45, 7) is 1.01. The van der Waals surface area contributed by atoms with E-state index in [-0.39, 0.29) is 18.1 Å². The van der Waals surface area contributed by atoms with Crippen LogP contribution in [0.4, 0.5) is 0 Å². The highest BCUT2D eigenvalue weighted by Crippen LogP contribution is 2.32. The van der Waals surface area contributed by atoms with E-state index in [9.17, 15) is 4.79 Å². The summed E-state index contributed by atoms with van der Waals surface area (Å²) in [5.41, 5.74) is 3.61. The Labute approximate surface area is 131 Å². The highest BCUT2D eigenvalue weighted by Gasteiger charge is 2.41. The van der Waals surface area contributed by atoms with Crippen LogP contribution in [0.15, 0.2) is 54.6 Å². The Hall–Kier alpha value is -2.13. The molecule has 2 aromatic carbocycles. The molecule has 0 aliphatic carbocycles. The van der Waals surface area contributed by atoms with Gasteiger partial charge >= 0.3 is 0 Å². The van der Waals surface area contributed by atoms with Gasteiger partial charge in [-0.15, -0.1) is 0 Å². The predicted octanol–water partition coefficient (Wildman–Crippen LogP) is 3.34. The van der Waals surface area contributed by atoms with E-state index < -0.39 is 0 Å². The molecule has 4 rings (SSSR count). The minimum Gasteiger partial charge on any atom is -0.335 e. The molecule has 22 heavy (non-hydrogen) atoms. The van der Waals surface area contributed by atoms with Gasteiger partial charge in [-0.05, 0) is 29.5 Å². The topological polar surface area (TPSA) is 32.3 Å². The molecule has 2 saturated heterocycles. The lowest BCUT2D eigenvalue weighted by molar-refractivity contribution is -0.122. The van der Waals surface area contributed by atoms with Gasteiger partial charge in [0.1, 0.15) is 6.17 Å². The van der Waals surface area contributed by atoms with E-state index in [1.807, 2.05) is 6.07 Å². The molecular weight excluding hydrogens is 272 g/mol. The van der Waals surface area contributed by atoms with Crippen molar-refractivity contribution in [2.24, 2.45) is 0 Å². The van der Waals surface area contributed by atoms with Gasteiger partial charge in [0.25, 0.3) is 0 Å². The zero-order chi connectivity index (χ0) is 14.9. The first-order valence-corrected chi connectivity index (χ1v) is 8.04. The third-order valence-corrected chi connectivity index (χ3v) is 4.79. The van der Waals surface area contributed by atoms with Crippen molar-refractivity contribution in [3.05, 3.63) is 60.2 Å². The Kier molecular flexibility index (Phi) is 3.43. The van der Waals surface area contributed by atoms with Crippen LogP contribution in [0, 0.1) is 0 Å². The number of carbonyl (C=O) groups is 1. The highest BCUT2D eigenvalue weighted by molar-refractivity contribution is 5.84. The second-order valence-electron chi connectivity index (χ2n) is 6.15. The number of amides is 1. The number of carbonyl (C=O) groups excluding carboxylic acids is 1. The average molecular weight is 292 g/mol. The SMILES string of the molecule is O=C1N[C@H](c2ccc(-c3ccccc3)cc2)N2CCCC[C@@H]12. The van der Waals surface area contributed by atoms with Crippen molar-refractivity contribution >= 4 is 5.91 Å². The van der Waals surface area contributed by atoms with Gasteiger partial charge in [-0.25, -0.2) is 0 Å². The van der Waals surface area contributed by atoms with Crippen LogP contribution in [0.3, 0.4) is 0 Å². The molecule has 2 aliphatic rings. The number of hydrogen-bond acceptors (Lipinski definition) is 2. The third-order valence-electron chi connectivity index (χ3n) is 4.79. The first-order chi connectivity index (χ1) is 10.8. The van der Waals surface area contributed by atoms with Gasteiger partial charge in [0.2, 0.25) is 5.91 Å². The van der Waals surface area contributed by atoms with Crippen molar-refractivity contribution in [1.82, 2.24) is 10.2 Å². The maximum atomic E-state index is 12.1. The van der Waals surface area contributed by atoms with E-state index in [4.69, 9.17) is 0 Å². The largest absolute Gasteiger partial charge is 0.335 e. The van der Waals surface area contributed by atoms with Gasteiger partial charge in [-0.1, -0.05) is 61.0 Å². The summed E-state index contributed by atoms with van der Waals surface area (Å²) in [7, 11) is 0. The maximum absolute atomic E-state index is 12.1. The maximum Gasteiger partial charge on any atom is 0.238 e. The van der Waals surface area contributed by atoms with Gasteiger partial charge < -0.3 is 5.32 Å². The van der Waals surface area contributed by atoms with Crippen LogP contribution in [0.5, 0.6) is 0 Å². The van der Waals surface area contributed by atoms with Crippen LogP contribution in [0.1, 0.15) is 31.0 Å². The number of hydrogen-bond donors (Lipinski definition) is 1. The minimum atomic E-state index is 0.0441. The monoisotopic (exact) mass is 292 g/mol. The van der Waals surface area contributed by atoms with E-state index in [2.05, 4.69) is 58.7 Å². The van der Waals surface area contributed by atoms with Crippen LogP contribution in [0.2, 0.25) is 0 Å². The van der Waals surface area contributed by atoms with Crippen molar-refractivity contribution in [3.63, 3.8) is 0 Å². The predicted molar refractivity (Wildman–Crippen MR) is 87.1 cm³/mol. The van der Waals surface area contributed by atoms with Gasteiger partial charge in [-0.2, -0.15) is 0 Å². The Bertz CT molecular complexity index is 666. The van der Waals surface area contributed by atoms with E-state index >= 15 is 0 Å². The molecular formula is C19H20N2O. The normalized spacial score (nSPS) is 24.8. The summed E-state index contributed by atoms with van der Waals surface area (Å²) >= 11 is 0. The molecule has 112 valence electrons. The van der Waals surface area contributed by atoms with E-state index in [1.54, 1.807) is 0 Å². The molecule has 0 unspecified atom stereocenters. The van der Waals surface area contributed by atoms with Crippen LogP contribution in [0.25, 0.3) is 11.1 Å². The van der Waals surface area contributed by atoms with Crippen LogP contribution >= 0.6 is 0 Å². The Morgan fingerprint density at radius 2 is 1.64 bits per heavy atom. The van der Waals surface area contributed by atoms with E-state index in [1.165, 1.54) is 23.1 Å². The lowest BCUT2D eigenvalue weighted by Gasteiger charge is -2.31. The van der Waals surface area contributed by atoms with E-state index in [0.29, 0.717) is 0 Å². The standard InChI is InChI=1S/C19H20N2O/c22-19-17-8-4-5-13-21(17)18(20-19)16-11-9-15(10-12-16)14-6-2-1-3-7-14/h1-3,6-7,9-12,17-18H,4-5,8,13H2,(H,20,22)/t17-,18-/m0/s1. The molecule has 0 bridgehead atoms. The molecule has 2 aliphatic heterocycles. The highest BCUT2D eigenvalue weighted by atomic mass is 16.2. The Morgan fingerprint density at radius 3 is 2.41 bits per heavy atom. The van der Waals surface area contributed by atoms with E-state index in [0.717, 1.165) is 19.4 Å². The molecule has 0 saturated carbocycles. The summed E-state index contributed by atoms with van der Waals surface area (Å²) in [5, 5.41) is 3.16. The third kappa shape index (κ3) is 2.32. The van der Waals surface area contributed by atoms with Gasteiger partial charge in [0.05, 0.1) is 6.04 Å². The number of fused-ring (bicyclic) bond motifs is 1. The van der Waals surface area contributed by atoms with Crippen molar-refractivity contribution < 1.29 is 4.79 Å². The zero-order valence-corrected chi connectivity index (χ0v) is 12.5. The number of nitrogens with zero attached hydrogens (tertiary/aromatic N) is 1. The second-order valence-corrected chi connectivity index (χ2v) is 6.15. The molecule has 1 N–H and O–H groups in total. The van der Waals surface area contributed by atoms with Crippen molar-refractivity contribution in [1.29, 1.82) is 0 Å². The molecule has 2 heterocycles. The molecule has 2 atom stereocenters. The lowest BCUT2D eigenvalue weighted by atomic mass is 10.0. The zero-order valence-electron chi connectivity index (χ0n) is 12.5. The fraction of sp³-hybridized carbons (Fsp3) is 0.316. The first kappa shape index (κ1) is 13.5. The van der Waals surface area contributed by atoms with Crippen molar-refractivity contribution in [2.45, 2.75) is 31.5 Å². The van der Waals surface area contributed by atoms with Gasteiger partial charge in [0, 0.05) is 6.54 Å².